The largest absolute Gasteiger partial charge is 0.385 e. The van der Waals surface area contributed by atoms with Crippen LogP contribution in [0.1, 0.15) is 23.6 Å². The van der Waals surface area contributed by atoms with E-state index in [0.29, 0.717) is 0 Å². The van der Waals surface area contributed by atoms with Crippen molar-refractivity contribution in [2.75, 3.05) is 11.9 Å². The second kappa shape index (κ2) is 7.04. The normalized spacial score (nSPS) is 10.4. The Balaban J connectivity index is 2.19. The molecule has 0 fully saturated rings. The zero-order chi connectivity index (χ0) is 15.9. The Morgan fingerprint density at radius 2 is 1.82 bits per heavy atom. The van der Waals surface area contributed by atoms with Crippen LogP contribution in [0.25, 0.3) is 12.2 Å². The summed E-state index contributed by atoms with van der Waals surface area (Å²) in [5.74, 6) is 0. The molecule has 0 amide bonds. The summed E-state index contributed by atoms with van der Waals surface area (Å²) in [5.41, 5.74) is 2.71. The van der Waals surface area contributed by atoms with Crippen LogP contribution in [0, 0.1) is 21.4 Å². The van der Waals surface area contributed by atoms with Gasteiger partial charge < -0.3 is 5.32 Å². The first kappa shape index (κ1) is 15.3. The van der Waals surface area contributed by atoms with Gasteiger partial charge in [-0.05, 0) is 42.3 Å². The molecular weight excluding hydrogens is 278 g/mol. The molecule has 0 radical (unpaired) electrons. The van der Waals surface area contributed by atoms with E-state index < -0.39 is 4.92 Å². The number of nitro benzene ring substituents is 1. The summed E-state index contributed by atoms with van der Waals surface area (Å²) in [5, 5.41) is 23.0. The highest BCUT2D eigenvalue weighted by molar-refractivity contribution is 5.72. The number of anilines is 1. The molecule has 0 unspecified atom stereocenters. The molecule has 2 rings (SSSR count). The molecule has 5 nitrogen and oxygen atoms in total. The van der Waals surface area contributed by atoms with Crippen LogP contribution in [0.5, 0.6) is 0 Å². The molecule has 5 heteroatoms. The summed E-state index contributed by atoms with van der Waals surface area (Å²) in [7, 11) is 0. The minimum atomic E-state index is -0.550. The summed E-state index contributed by atoms with van der Waals surface area (Å²) in [4.78, 5) is 10.2. The molecule has 2 aromatic rings. The number of hydrogen-bond acceptors (Lipinski definition) is 4. The lowest BCUT2D eigenvalue weighted by atomic mass is 10.1. The Kier molecular flexibility index (Phi) is 4.89. The molecule has 0 heterocycles. The fourth-order valence-electron chi connectivity index (χ4n) is 2.01. The molecule has 0 aliphatic carbocycles. The summed E-state index contributed by atoms with van der Waals surface area (Å²) in [6.45, 7) is 2.91. The maximum Gasteiger partial charge on any atom is 0.287 e. The molecule has 0 atom stereocenters. The molecule has 2 aromatic carbocycles. The number of nitriles is 1. The minimum Gasteiger partial charge on any atom is -0.385 e. The van der Waals surface area contributed by atoms with Crippen LogP contribution in [-0.4, -0.2) is 11.5 Å². The Bertz CT molecular complexity index is 743. The topological polar surface area (TPSA) is 79.0 Å². The van der Waals surface area contributed by atoms with Crippen LogP contribution >= 0.6 is 0 Å². The van der Waals surface area contributed by atoms with Crippen molar-refractivity contribution >= 4 is 23.5 Å². The first-order valence-corrected chi connectivity index (χ1v) is 6.84. The van der Waals surface area contributed by atoms with Crippen molar-refractivity contribution in [1.82, 2.24) is 0 Å². The summed E-state index contributed by atoms with van der Waals surface area (Å²) >= 11 is 0. The molecular formula is C17H15N3O2. The second-order valence-electron chi connectivity index (χ2n) is 4.63. The highest BCUT2D eigenvalue weighted by atomic mass is 16.6. The van der Waals surface area contributed by atoms with E-state index in [1.54, 1.807) is 6.07 Å². The SMILES string of the molecule is CCNc1ccc(C=Cc2ccc([N+](=O)[O-])c(C#N)c2)cc1. The van der Waals surface area contributed by atoms with Gasteiger partial charge in [-0.3, -0.25) is 10.1 Å². The molecule has 0 aliphatic heterocycles. The second-order valence-corrected chi connectivity index (χ2v) is 4.63. The standard InChI is InChI=1S/C17H15N3O2/c1-2-19-16-8-5-13(6-9-16)3-4-14-7-10-17(20(21)22)15(11-14)12-18/h3-11,19H,2H2,1H3. The third-order valence-electron chi connectivity index (χ3n) is 3.10. The van der Waals surface area contributed by atoms with Crippen molar-refractivity contribution in [2.24, 2.45) is 0 Å². The van der Waals surface area contributed by atoms with Crippen LogP contribution in [0.15, 0.2) is 42.5 Å². The van der Waals surface area contributed by atoms with Crippen LogP contribution in [0.3, 0.4) is 0 Å². The summed E-state index contributed by atoms with van der Waals surface area (Å²) < 4.78 is 0. The van der Waals surface area contributed by atoms with Gasteiger partial charge in [-0.25, -0.2) is 0 Å². The maximum absolute atomic E-state index is 10.8. The van der Waals surface area contributed by atoms with E-state index in [1.165, 1.54) is 12.1 Å². The lowest BCUT2D eigenvalue weighted by Crippen LogP contribution is -1.95. The number of nitro groups is 1. The van der Waals surface area contributed by atoms with Crippen molar-refractivity contribution in [3.05, 3.63) is 69.3 Å². The van der Waals surface area contributed by atoms with Gasteiger partial charge in [0.05, 0.1) is 4.92 Å². The zero-order valence-electron chi connectivity index (χ0n) is 12.1. The molecule has 0 saturated carbocycles. The third kappa shape index (κ3) is 3.70. The van der Waals surface area contributed by atoms with Gasteiger partial charge in [0.2, 0.25) is 0 Å². The fourth-order valence-corrected chi connectivity index (χ4v) is 2.01. The number of rotatable bonds is 5. The predicted octanol–water partition coefficient (Wildman–Crippen LogP) is 4.07. The van der Waals surface area contributed by atoms with Crippen LogP contribution < -0.4 is 5.32 Å². The smallest absolute Gasteiger partial charge is 0.287 e. The highest BCUT2D eigenvalue weighted by Gasteiger charge is 2.12. The van der Waals surface area contributed by atoms with Gasteiger partial charge in [0.15, 0.2) is 0 Å². The highest BCUT2D eigenvalue weighted by Crippen LogP contribution is 2.20. The summed E-state index contributed by atoms with van der Waals surface area (Å²) in [6.07, 6.45) is 3.73. The van der Waals surface area contributed by atoms with E-state index in [1.807, 2.05) is 49.4 Å². The van der Waals surface area contributed by atoms with Gasteiger partial charge in [-0.15, -0.1) is 0 Å². The Labute approximate surface area is 128 Å². The Hall–Kier alpha value is -3.13. The van der Waals surface area contributed by atoms with E-state index in [4.69, 9.17) is 5.26 Å². The van der Waals surface area contributed by atoms with Gasteiger partial charge >= 0.3 is 0 Å². The van der Waals surface area contributed by atoms with Gasteiger partial charge in [0, 0.05) is 18.3 Å². The molecule has 0 saturated heterocycles. The molecule has 0 spiro atoms. The first-order valence-electron chi connectivity index (χ1n) is 6.84. The zero-order valence-corrected chi connectivity index (χ0v) is 12.1. The number of benzene rings is 2. The number of nitrogens with one attached hydrogen (secondary N) is 1. The Morgan fingerprint density at radius 3 is 2.41 bits per heavy atom. The van der Waals surface area contributed by atoms with E-state index in [2.05, 4.69) is 5.32 Å². The van der Waals surface area contributed by atoms with E-state index >= 15 is 0 Å². The van der Waals surface area contributed by atoms with Crippen molar-refractivity contribution in [3.63, 3.8) is 0 Å². The fraction of sp³-hybridized carbons (Fsp3) is 0.118. The predicted molar refractivity (Wildman–Crippen MR) is 87.3 cm³/mol. The third-order valence-corrected chi connectivity index (χ3v) is 3.10. The molecule has 0 aliphatic rings. The van der Waals surface area contributed by atoms with E-state index in [9.17, 15) is 10.1 Å². The van der Waals surface area contributed by atoms with Gasteiger partial charge in [-0.1, -0.05) is 24.3 Å². The molecule has 1 N–H and O–H groups in total. The molecule has 0 aromatic heterocycles. The number of nitrogens with zero attached hydrogens (tertiary/aromatic N) is 2. The van der Waals surface area contributed by atoms with Crippen molar-refractivity contribution in [3.8, 4) is 6.07 Å². The quantitative estimate of drug-likeness (QED) is 0.512. The average molecular weight is 293 g/mol. The van der Waals surface area contributed by atoms with Gasteiger partial charge in [-0.2, -0.15) is 5.26 Å². The molecule has 110 valence electrons. The van der Waals surface area contributed by atoms with Gasteiger partial charge in [0.1, 0.15) is 11.6 Å². The van der Waals surface area contributed by atoms with Crippen LogP contribution in [-0.2, 0) is 0 Å². The summed E-state index contributed by atoms with van der Waals surface area (Å²) in [6, 6.07) is 14.3. The number of hydrogen-bond donors (Lipinski definition) is 1. The van der Waals surface area contributed by atoms with Crippen molar-refractivity contribution in [2.45, 2.75) is 6.92 Å². The minimum absolute atomic E-state index is 0.0645. The first-order chi connectivity index (χ1) is 10.6. The van der Waals surface area contributed by atoms with E-state index in [0.717, 1.165) is 23.4 Å². The molecule has 0 bridgehead atoms. The van der Waals surface area contributed by atoms with E-state index in [-0.39, 0.29) is 11.3 Å². The average Bonchev–Trinajstić information content (AvgIpc) is 2.54. The van der Waals surface area contributed by atoms with Crippen LogP contribution in [0.4, 0.5) is 11.4 Å². The lowest BCUT2D eigenvalue weighted by molar-refractivity contribution is -0.385. The monoisotopic (exact) mass is 293 g/mol. The van der Waals surface area contributed by atoms with Crippen LogP contribution in [0.2, 0.25) is 0 Å². The Morgan fingerprint density at radius 1 is 1.18 bits per heavy atom. The van der Waals surface area contributed by atoms with Crippen molar-refractivity contribution in [1.29, 1.82) is 5.26 Å². The van der Waals surface area contributed by atoms with Crippen molar-refractivity contribution < 1.29 is 4.92 Å². The maximum atomic E-state index is 10.8. The lowest BCUT2D eigenvalue weighted by Gasteiger charge is -2.02. The van der Waals surface area contributed by atoms with Gasteiger partial charge in [0.25, 0.3) is 5.69 Å². The molecule has 22 heavy (non-hydrogen) atoms.